The van der Waals surface area contributed by atoms with Crippen molar-refractivity contribution in [2.75, 3.05) is 18.5 Å². The summed E-state index contributed by atoms with van der Waals surface area (Å²) in [5, 5.41) is 0. The molecule has 0 aromatic heterocycles. The van der Waals surface area contributed by atoms with Gasteiger partial charge in [-0.15, -0.1) is 0 Å². The summed E-state index contributed by atoms with van der Waals surface area (Å²) in [6, 6.07) is 5.17. The van der Waals surface area contributed by atoms with Crippen LogP contribution in [0.15, 0.2) is 18.2 Å². The zero-order valence-electron chi connectivity index (χ0n) is 11.6. The van der Waals surface area contributed by atoms with Crippen LogP contribution in [0, 0.1) is 5.92 Å². The number of nitrogens with zero attached hydrogens (tertiary/aromatic N) is 1. The fourth-order valence-electron chi connectivity index (χ4n) is 2.04. The maximum Gasteiger partial charge on any atom is 0.253 e. The largest absolute Gasteiger partial charge is 0.399 e. The molecule has 0 saturated carbocycles. The number of carbonyl (C=O) groups excluding carboxylic acids is 1. The van der Waals surface area contributed by atoms with E-state index in [1.54, 1.807) is 23.1 Å². The molecule has 1 aromatic rings. The smallest absolute Gasteiger partial charge is 0.253 e. The summed E-state index contributed by atoms with van der Waals surface area (Å²) in [6.07, 6.45) is 0.972. The molecule has 0 spiro atoms. The van der Waals surface area contributed by atoms with Gasteiger partial charge in [0.1, 0.15) is 0 Å². The molecule has 0 aliphatic carbocycles. The fourth-order valence-corrected chi connectivity index (χ4v) is 2.04. The number of hydrogen-bond acceptors (Lipinski definition) is 3. The molecule has 0 saturated heterocycles. The van der Waals surface area contributed by atoms with E-state index >= 15 is 0 Å². The normalized spacial score (nSPS) is 12.5. The first-order valence-corrected chi connectivity index (χ1v) is 6.24. The van der Waals surface area contributed by atoms with Gasteiger partial charge in [-0.2, -0.15) is 0 Å². The molecule has 1 aromatic carbocycles. The molecule has 100 valence electrons. The van der Waals surface area contributed by atoms with Crippen molar-refractivity contribution >= 4 is 17.3 Å². The van der Waals surface area contributed by atoms with Gasteiger partial charge in [0, 0.05) is 30.0 Å². The lowest BCUT2D eigenvalue weighted by molar-refractivity contribution is 0.0728. The summed E-state index contributed by atoms with van der Waals surface area (Å²) in [4.78, 5) is 14.0. The number of amides is 1. The van der Waals surface area contributed by atoms with Gasteiger partial charge in [-0.25, -0.2) is 0 Å². The van der Waals surface area contributed by atoms with Crippen molar-refractivity contribution in [1.29, 1.82) is 0 Å². The summed E-state index contributed by atoms with van der Waals surface area (Å²) >= 11 is 0. The predicted molar refractivity (Wildman–Crippen MR) is 76.3 cm³/mol. The van der Waals surface area contributed by atoms with Crippen LogP contribution >= 0.6 is 0 Å². The Bertz CT molecular complexity index is 409. The van der Waals surface area contributed by atoms with Crippen LogP contribution in [0.3, 0.4) is 0 Å². The summed E-state index contributed by atoms with van der Waals surface area (Å²) in [5.41, 5.74) is 13.0. The number of hydrogen-bond donors (Lipinski definition) is 2. The minimum atomic E-state index is -0.0397. The van der Waals surface area contributed by atoms with E-state index in [2.05, 4.69) is 13.8 Å². The third-order valence-corrected chi connectivity index (χ3v) is 3.02. The SMILES string of the molecule is CC(C)CC(C)N(C)C(=O)c1cc(N)cc(N)c1. The lowest BCUT2D eigenvalue weighted by atomic mass is 10.0. The number of anilines is 2. The first-order valence-electron chi connectivity index (χ1n) is 6.24. The second-order valence-corrected chi connectivity index (χ2v) is 5.28. The summed E-state index contributed by atoms with van der Waals surface area (Å²) < 4.78 is 0. The maximum atomic E-state index is 12.3. The van der Waals surface area contributed by atoms with Gasteiger partial charge in [0.15, 0.2) is 0 Å². The molecule has 0 aliphatic rings. The van der Waals surface area contributed by atoms with Crippen LogP contribution in [0.2, 0.25) is 0 Å². The molecule has 1 atom stereocenters. The fraction of sp³-hybridized carbons (Fsp3) is 0.500. The zero-order valence-corrected chi connectivity index (χ0v) is 11.6. The van der Waals surface area contributed by atoms with Gasteiger partial charge in [-0.1, -0.05) is 13.8 Å². The van der Waals surface area contributed by atoms with Crippen LogP contribution in [-0.2, 0) is 0 Å². The van der Waals surface area contributed by atoms with Gasteiger partial charge in [0.2, 0.25) is 0 Å². The number of nitrogens with two attached hydrogens (primary N) is 2. The molecule has 1 unspecified atom stereocenters. The van der Waals surface area contributed by atoms with Crippen molar-refractivity contribution in [2.24, 2.45) is 5.92 Å². The van der Waals surface area contributed by atoms with Gasteiger partial charge in [-0.3, -0.25) is 4.79 Å². The van der Waals surface area contributed by atoms with Crippen LogP contribution in [0.4, 0.5) is 11.4 Å². The summed E-state index contributed by atoms with van der Waals surface area (Å²) in [7, 11) is 1.81. The second-order valence-electron chi connectivity index (χ2n) is 5.28. The van der Waals surface area contributed by atoms with Crippen LogP contribution in [0.25, 0.3) is 0 Å². The summed E-state index contributed by atoms with van der Waals surface area (Å²) in [5.74, 6) is 0.517. The Hall–Kier alpha value is -1.71. The number of rotatable bonds is 4. The Balaban J connectivity index is 2.86. The highest BCUT2D eigenvalue weighted by molar-refractivity contribution is 5.96. The lowest BCUT2D eigenvalue weighted by Gasteiger charge is -2.26. The third-order valence-electron chi connectivity index (χ3n) is 3.02. The molecule has 4 nitrogen and oxygen atoms in total. The van der Waals surface area contributed by atoms with Crippen molar-refractivity contribution in [3.05, 3.63) is 23.8 Å². The van der Waals surface area contributed by atoms with Crippen molar-refractivity contribution in [1.82, 2.24) is 4.90 Å². The quantitative estimate of drug-likeness (QED) is 0.805. The molecular weight excluding hydrogens is 226 g/mol. The molecule has 0 heterocycles. The van der Waals surface area contributed by atoms with Gasteiger partial charge >= 0.3 is 0 Å². The van der Waals surface area contributed by atoms with Crippen LogP contribution < -0.4 is 11.5 Å². The van der Waals surface area contributed by atoms with E-state index in [1.165, 1.54) is 0 Å². The van der Waals surface area contributed by atoms with Crippen LogP contribution in [-0.4, -0.2) is 23.9 Å². The standard InChI is InChI=1S/C14H23N3O/c1-9(2)5-10(3)17(4)14(18)11-6-12(15)8-13(16)7-11/h6-10H,5,15-16H2,1-4H3. The van der Waals surface area contributed by atoms with E-state index in [0.29, 0.717) is 22.9 Å². The lowest BCUT2D eigenvalue weighted by Crippen LogP contribution is -2.36. The molecule has 4 heteroatoms. The highest BCUT2D eigenvalue weighted by Gasteiger charge is 2.18. The highest BCUT2D eigenvalue weighted by Crippen LogP contribution is 2.17. The minimum Gasteiger partial charge on any atom is -0.399 e. The topological polar surface area (TPSA) is 72.3 Å². The molecule has 4 N–H and O–H groups in total. The molecule has 0 radical (unpaired) electrons. The van der Waals surface area contributed by atoms with E-state index in [0.717, 1.165) is 6.42 Å². The molecule has 1 amide bonds. The van der Waals surface area contributed by atoms with Crippen molar-refractivity contribution in [3.63, 3.8) is 0 Å². The van der Waals surface area contributed by atoms with Gasteiger partial charge in [0.05, 0.1) is 0 Å². The first-order chi connectivity index (χ1) is 8.31. The van der Waals surface area contributed by atoms with Gasteiger partial charge < -0.3 is 16.4 Å². The number of carbonyl (C=O) groups is 1. The van der Waals surface area contributed by atoms with E-state index in [9.17, 15) is 4.79 Å². The maximum absolute atomic E-state index is 12.3. The molecule has 0 fully saturated rings. The minimum absolute atomic E-state index is 0.0397. The van der Waals surface area contributed by atoms with E-state index in [4.69, 9.17) is 11.5 Å². The third kappa shape index (κ3) is 3.65. The van der Waals surface area contributed by atoms with Crippen LogP contribution in [0.1, 0.15) is 37.6 Å². The van der Waals surface area contributed by atoms with Crippen molar-refractivity contribution in [3.8, 4) is 0 Å². The Labute approximate surface area is 109 Å². The van der Waals surface area contributed by atoms with E-state index in [-0.39, 0.29) is 11.9 Å². The highest BCUT2D eigenvalue weighted by atomic mass is 16.2. The molecule has 1 rings (SSSR count). The first kappa shape index (κ1) is 14.4. The summed E-state index contributed by atoms with van der Waals surface area (Å²) in [6.45, 7) is 6.34. The number of benzene rings is 1. The predicted octanol–water partition coefficient (Wildman–Crippen LogP) is 2.36. The Morgan fingerprint density at radius 2 is 1.67 bits per heavy atom. The molecular formula is C14H23N3O. The average Bonchev–Trinajstić information content (AvgIpc) is 2.24. The average molecular weight is 249 g/mol. The molecule has 18 heavy (non-hydrogen) atoms. The van der Waals surface area contributed by atoms with E-state index < -0.39 is 0 Å². The molecule has 0 bridgehead atoms. The van der Waals surface area contributed by atoms with Crippen molar-refractivity contribution < 1.29 is 4.79 Å². The van der Waals surface area contributed by atoms with Gasteiger partial charge in [0.25, 0.3) is 5.91 Å². The van der Waals surface area contributed by atoms with Gasteiger partial charge in [-0.05, 0) is 37.5 Å². The van der Waals surface area contributed by atoms with Crippen LogP contribution in [0.5, 0.6) is 0 Å². The van der Waals surface area contributed by atoms with E-state index in [1.807, 2.05) is 14.0 Å². The Morgan fingerprint density at radius 3 is 2.11 bits per heavy atom. The molecule has 0 aliphatic heterocycles. The van der Waals surface area contributed by atoms with Crippen molar-refractivity contribution in [2.45, 2.75) is 33.2 Å². The Kier molecular flexibility index (Phi) is 4.59. The zero-order chi connectivity index (χ0) is 13.9. The monoisotopic (exact) mass is 249 g/mol. The number of nitrogen functional groups attached to an aromatic ring is 2. The second kappa shape index (κ2) is 5.76. The Morgan fingerprint density at radius 1 is 1.17 bits per heavy atom.